The summed E-state index contributed by atoms with van der Waals surface area (Å²) in [6.07, 6.45) is 2.77. The Hall–Kier alpha value is -2.71. The van der Waals surface area contributed by atoms with E-state index in [1.54, 1.807) is 18.3 Å². The highest BCUT2D eigenvalue weighted by molar-refractivity contribution is 5.82. The minimum absolute atomic E-state index is 0.0592. The van der Waals surface area contributed by atoms with Gasteiger partial charge in [0.05, 0.1) is 0 Å². The Balaban J connectivity index is 1.31. The van der Waals surface area contributed by atoms with E-state index in [9.17, 15) is 14.4 Å². The van der Waals surface area contributed by atoms with Crippen LogP contribution in [0.4, 0.5) is 0 Å². The molecule has 2 aromatic rings. The van der Waals surface area contributed by atoms with Crippen molar-refractivity contribution in [1.82, 2.24) is 25.0 Å². The standard InChI is InChI=1S/C22H31N5O3/c1-25-13-15-26(16-14-25)11-4-9-23-20(28)7-10-24-21(29)17-27-12-8-18-5-2-3-6-19(18)22(27)30/h2-3,5-6,8,12H,4,7,9-11,13-17H2,1H3,(H,23,28)(H,24,29). The van der Waals surface area contributed by atoms with Crippen LogP contribution in [0.1, 0.15) is 12.8 Å². The zero-order valence-corrected chi connectivity index (χ0v) is 17.6. The van der Waals surface area contributed by atoms with E-state index in [0.29, 0.717) is 11.9 Å². The van der Waals surface area contributed by atoms with Gasteiger partial charge in [-0.15, -0.1) is 0 Å². The highest BCUT2D eigenvalue weighted by Gasteiger charge is 2.13. The van der Waals surface area contributed by atoms with Crippen molar-refractivity contribution in [3.63, 3.8) is 0 Å². The van der Waals surface area contributed by atoms with Crippen LogP contribution in [0.25, 0.3) is 10.8 Å². The molecule has 0 spiro atoms. The van der Waals surface area contributed by atoms with Gasteiger partial charge in [0.2, 0.25) is 11.8 Å². The summed E-state index contributed by atoms with van der Waals surface area (Å²) >= 11 is 0. The quantitative estimate of drug-likeness (QED) is 0.576. The highest BCUT2D eigenvalue weighted by Crippen LogP contribution is 2.07. The number of rotatable bonds is 9. The average molecular weight is 414 g/mol. The number of carbonyl (C=O) groups is 2. The van der Waals surface area contributed by atoms with Crippen LogP contribution in [-0.4, -0.2) is 79.0 Å². The zero-order chi connectivity index (χ0) is 21.3. The molecule has 0 saturated carbocycles. The second kappa shape index (κ2) is 10.9. The first-order valence-electron chi connectivity index (χ1n) is 10.6. The van der Waals surface area contributed by atoms with Gasteiger partial charge in [0.15, 0.2) is 0 Å². The Kier molecular flexibility index (Phi) is 7.98. The number of likely N-dealkylation sites (N-methyl/N-ethyl adjacent to an activating group) is 1. The Morgan fingerprint density at radius 1 is 0.967 bits per heavy atom. The predicted molar refractivity (Wildman–Crippen MR) is 117 cm³/mol. The topological polar surface area (TPSA) is 86.7 Å². The molecule has 1 aliphatic heterocycles. The zero-order valence-electron chi connectivity index (χ0n) is 17.6. The summed E-state index contributed by atoms with van der Waals surface area (Å²) in [5.41, 5.74) is -0.193. The van der Waals surface area contributed by atoms with Gasteiger partial charge in [-0.3, -0.25) is 14.4 Å². The van der Waals surface area contributed by atoms with Gasteiger partial charge in [-0.1, -0.05) is 18.2 Å². The van der Waals surface area contributed by atoms with E-state index < -0.39 is 0 Å². The van der Waals surface area contributed by atoms with Crippen molar-refractivity contribution in [3.05, 3.63) is 46.9 Å². The first kappa shape index (κ1) is 22.0. The molecular weight excluding hydrogens is 382 g/mol. The molecule has 0 bridgehead atoms. The summed E-state index contributed by atoms with van der Waals surface area (Å²) in [7, 11) is 2.14. The average Bonchev–Trinajstić information content (AvgIpc) is 2.75. The van der Waals surface area contributed by atoms with Gasteiger partial charge in [0.1, 0.15) is 6.54 Å². The van der Waals surface area contributed by atoms with Crippen molar-refractivity contribution in [1.29, 1.82) is 0 Å². The second-order valence-corrected chi connectivity index (χ2v) is 7.78. The molecule has 1 saturated heterocycles. The van der Waals surface area contributed by atoms with E-state index >= 15 is 0 Å². The summed E-state index contributed by atoms with van der Waals surface area (Å²) < 4.78 is 1.39. The molecule has 2 N–H and O–H groups in total. The monoisotopic (exact) mass is 413 g/mol. The molecule has 0 aliphatic carbocycles. The van der Waals surface area contributed by atoms with E-state index in [2.05, 4.69) is 27.5 Å². The SMILES string of the molecule is CN1CCN(CCCNC(=O)CCNC(=O)Cn2ccc3ccccc3c2=O)CC1. The second-order valence-electron chi connectivity index (χ2n) is 7.78. The molecule has 2 amide bonds. The maximum Gasteiger partial charge on any atom is 0.258 e. The Morgan fingerprint density at radius 2 is 1.70 bits per heavy atom. The van der Waals surface area contributed by atoms with Crippen LogP contribution in [-0.2, 0) is 16.1 Å². The van der Waals surface area contributed by atoms with E-state index in [-0.39, 0.29) is 36.9 Å². The van der Waals surface area contributed by atoms with Crippen LogP contribution in [0.3, 0.4) is 0 Å². The summed E-state index contributed by atoms with van der Waals surface area (Å²) in [5.74, 6) is -0.355. The lowest BCUT2D eigenvalue weighted by Crippen LogP contribution is -2.45. The third-order valence-corrected chi connectivity index (χ3v) is 5.44. The van der Waals surface area contributed by atoms with E-state index in [4.69, 9.17) is 0 Å². The largest absolute Gasteiger partial charge is 0.356 e. The number of fused-ring (bicyclic) bond motifs is 1. The third-order valence-electron chi connectivity index (χ3n) is 5.44. The molecule has 30 heavy (non-hydrogen) atoms. The summed E-state index contributed by atoms with van der Waals surface area (Å²) in [5, 5.41) is 7.05. The van der Waals surface area contributed by atoms with E-state index in [1.807, 2.05) is 18.2 Å². The van der Waals surface area contributed by atoms with Crippen LogP contribution < -0.4 is 16.2 Å². The number of hydrogen-bond donors (Lipinski definition) is 2. The maximum atomic E-state index is 12.4. The number of carbonyl (C=O) groups excluding carboxylic acids is 2. The van der Waals surface area contributed by atoms with Crippen LogP contribution in [0.5, 0.6) is 0 Å². The van der Waals surface area contributed by atoms with Gasteiger partial charge in [-0.05, 0) is 37.5 Å². The number of amides is 2. The highest BCUT2D eigenvalue weighted by atomic mass is 16.2. The molecule has 3 rings (SSSR count). The van der Waals surface area contributed by atoms with E-state index in [1.165, 1.54) is 4.57 Å². The third kappa shape index (κ3) is 6.40. The van der Waals surface area contributed by atoms with Crippen LogP contribution in [0.2, 0.25) is 0 Å². The molecule has 1 aliphatic rings. The molecule has 162 valence electrons. The Bertz CT molecular complexity index is 918. The van der Waals surface area contributed by atoms with Crippen molar-refractivity contribution in [2.45, 2.75) is 19.4 Å². The molecule has 8 nitrogen and oxygen atoms in total. The molecule has 1 aromatic carbocycles. The lowest BCUT2D eigenvalue weighted by molar-refractivity contribution is -0.122. The number of nitrogens with zero attached hydrogens (tertiary/aromatic N) is 3. The lowest BCUT2D eigenvalue weighted by atomic mass is 10.2. The van der Waals surface area contributed by atoms with Crippen molar-refractivity contribution < 1.29 is 9.59 Å². The minimum atomic E-state index is -0.282. The van der Waals surface area contributed by atoms with Crippen LogP contribution in [0, 0.1) is 0 Å². The van der Waals surface area contributed by atoms with Gasteiger partial charge in [0.25, 0.3) is 5.56 Å². The van der Waals surface area contributed by atoms with Gasteiger partial charge in [-0.25, -0.2) is 0 Å². The molecule has 0 unspecified atom stereocenters. The number of piperazine rings is 1. The minimum Gasteiger partial charge on any atom is -0.356 e. The smallest absolute Gasteiger partial charge is 0.258 e. The normalized spacial score (nSPS) is 15.2. The molecule has 0 atom stereocenters. The number of nitrogens with one attached hydrogen (secondary N) is 2. The molecular formula is C22H31N5O3. The van der Waals surface area contributed by atoms with Crippen molar-refractivity contribution in [2.75, 3.05) is 52.9 Å². The van der Waals surface area contributed by atoms with E-state index in [0.717, 1.165) is 44.5 Å². The number of hydrogen-bond acceptors (Lipinski definition) is 5. The van der Waals surface area contributed by atoms with Gasteiger partial charge >= 0.3 is 0 Å². The van der Waals surface area contributed by atoms with Crippen molar-refractivity contribution >= 4 is 22.6 Å². The van der Waals surface area contributed by atoms with Crippen molar-refractivity contribution in [3.8, 4) is 0 Å². The Labute approximate surface area is 176 Å². The number of aromatic nitrogens is 1. The maximum absolute atomic E-state index is 12.4. The molecule has 1 fully saturated rings. The first-order chi connectivity index (χ1) is 14.5. The fourth-order valence-corrected chi connectivity index (χ4v) is 3.57. The number of benzene rings is 1. The van der Waals surface area contributed by atoms with Gasteiger partial charge < -0.3 is 25.0 Å². The number of pyridine rings is 1. The first-order valence-corrected chi connectivity index (χ1v) is 10.6. The van der Waals surface area contributed by atoms with Crippen LogP contribution in [0.15, 0.2) is 41.3 Å². The molecule has 2 heterocycles. The fourth-order valence-electron chi connectivity index (χ4n) is 3.57. The lowest BCUT2D eigenvalue weighted by Gasteiger charge is -2.32. The molecule has 1 aromatic heterocycles. The molecule has 8 heteroatoms. The summed E-state index contributed by atoms with van der Waals surface area (Å²) in [6, 6.07) is 9.11. The molecule has 0 radical (unpaired) electrons. The Morgan fingerprint density at radius 3 is 2.50 bits per heavy atom. The predicted octanol–water partition coefficient (Wildman–Crippen LogP) is 0.262. The van der Waals surface area contributed by atoms with Crippen molar-refractivity contribution in [2.24, 2.45) is 0 Å². The fraction of sp³-hybridized carbons (Fsp3) is 0.500. The van der Waals surface area contributed by atoms with Gasteiger partial charge in [-0.2, -0.15) is 0 Å². The van der Waals surface area contributed by atoms with Crippen LogP contribution >= 0.6 is 0 Å². The van der Waals surface area contributed by atoms with Gasteiger partial charge in [0, 0.05) is 57.3 Å². The summed E-state index contributed by atoms with van der Waals surface area (Å²) in [4.78, 5) is 41.2. The summed E-state index contributed by atoms with van der Waals surface area (Å²) in [6.45, 7) is 6.18.